The molecule has 0 aromatic rings. The van der Waals surface area contributed by atoms with E-state index in [1.807, 2.05) is 0 Å². The molecule has 6 nitrogen and oxygen atoms in total. The Morgan fingerprint density at radius 2 is 1.95 bits per heavy atom. The van der Waals surface area contributed by atoms with E-state index in [1.165, 1.54) is 12.0 Å². The molecule has 0 bridgehead atoms. The average Bonchev–Trinajstić information content (AvgIpc) is 2.47. The van der Waals surface area contributed by atoms with Crippen LogP contribution in [-0.4, -0.2) is 82.7 Å². The molecule has 1 aliphatic rings. The summed E-state index contributed by atoms with van der Waals surface area (Å²) in [5.74, 6) is -0.443. The monoisotopic (exact) mass is 327 g/mol. The van der Waals surface area contributed by atoms with Crippen LogP contribution in [0.5, 0.6) is 0 Å². The molecule has 1 rings (SSSR count). The molecule has 0 saturated carbocycles. The minimum Gasteiger partial charge on any atom is -0.382 e. The maximum absolute atomic E-state index is 13.1. The van der Waals surface area contributed by atoms with Crippen molar-refractivity contribution >= 4 is 5.91 Å². The van der Waals surface area contributed by atoms with Gasteiger partial charge in [-0.05, 0) is 0 Å². The summed E-state index contributed by atoms with van der Waals surface area (Å²) in [7, 11) is 1.53. The Morgan fingerprint density at radius 1 is 1.27 bits per heavy atom. The van der Waals surface area contributed by atoms with Crippen LogP contribution >= 0.6 is 0 Å². The first-order valence-electron chi connectivity index (χ1n) is 7.30. The Hall–Kier alpha value is -0.900. The number of amides is 1. The van der Waals surface area contributed by atoms with Crippen LogP contribution in [0, 0.1) is 0 Å². The summed E-state index contributed by atoms with van der Waals surface area (Å²) in [4.78, 5) is 12.9. The predicted molar refractivity (Wildman–Crippen MR) is 74.6 cm³/mol. The molecule has 0 aromatic carbocycles. The first-order chi connectivity index (χ1) is 10.4. The number of nitrogens with zero attached hydrogens (tertiary/aromatic N) is 1. The fraction of sp³-hybridized carbons (Fsp3) is 0.923. The lowest BCUT2D eigenvalue weighted by Crippen LogP contribution is -2.57. The number of alkyl halides is 3. The van der Waals surface area contributed by atoms with Gasteiger partial charge in [0.15, 0.2) is 0 Å². The number of ether oxygens (including phenoxy) is 2. The molecular weight excluding hydrogens is 303 g/mol. The van der Waals surface area contributed by atoms with Crippen molar-refractivity contribution in [3.8, 4) is 0 Å². The maximum atomic E-state index is 13.1. The summed E-state index contributed by atoms with van der Waals surface area (Å²) < 4.78 is 49.2. The fourth-order valence-corrected chi connectivity index (χ4v) is 2.15. The molecule has 130 valence electrons. The van der Waals surface area contributed by atoms with Gasteiger partial charge in [-0.1, -0.05) is 0 Å². The van der Waals surface area contributed by atoms with Gasteiger partial charge in [-0.3, -0.25) is 9.69 Å². The van der Waals surface area contributed by atoms with Crippen molar-refractivity contribution in [2.75, 3.05) is 59.7 Å². The van der Waals surface area contributed by atoms with E-state index in [1.54, 1.807) is 0 Å². The van der Waals surface area contributed by atoms with Gasteiger partial charge in [0.25, 0.3) is 0 Å². The summed E-state index contributed by atoms with van der Waals surface area (Å²) in [5, 5.41) is 5.35. The number of methoxy groups -OCH3 is 1. The van der Waals surface area contributed by atoms with E-state index in [-0.39, 0.29) is 13.0 Å². The van der Waals surface area contributed by atoms with Gasteiger partial charge in [-0.2, -0.15) is 13.2 Å². The molecule has 9 heteroatoms. The van der Waals surface area contributed by atoms with E-state index >= 15 is 0 Å². The normalized spacial score (nSPS) is 18.2. The molecule has 1 saturated heterocycles. The van der Waals surface area contributed by atoms with Crippen molar-refractivity contribution in [3.63, 3.8) is 0 Å². The minimum atomic E-state index is -4.36. The Kier molecular flexibility index (Phi) is 8.69. The number of piperazine rings is 1. The van der Waals surface area contributed by atoms with Crippen molar-refractivity contribution < 1.29 is 27.4 Å². The lowest BCUT2D eigenvalue weighted by Gasteiger charge is -2.35. The van der Waals surface area contributed by atoms with Gasteiger partial charge >= 0.3 is 6.18 Å². The molecule has 1 amide bonds. The second-order valence-corrected chi connectivity index (χ2v) is 5.00. The highest BCUT2D eigenvalue weighted by Gasteiger charge is 2.43. The van der Waals surface area contributed by atoms with Crippen LogP contribution in [0.25, 0.3) is 0 Å². The molecule has 1 aliphatic heterocycles. The minimum absolute atomic E-state index is 0.0375. The second-order valence-electron chi connectivity index (χ2n) is 5.00. The van der Waals surface area contributed by atoms with Crippen molar-refractivity contribution in [1.29, 1.82) is 0 Å². The maximum Gasteiger partial charge on any atom is 0.405 e. The highest BCUT2D eigenvalue weighted by Crippen LogP contribution is 2.24. The van der Waals surface area contributed by atoms with E-state index in [0.717, 1.165) is 0 Å². The van der Waals surface area contributed by atoms with E-state index in [9.17, 15) is 18.0 Å². The van der Waals surface area contributed by atoms with E-state index in [4.69, 9.17) is 9.47 Å². The number of carbonyl (C=O) groups excluding carboxylic acids is 1. The molecule has 0 spiro atoms. The summed E-state index contributed by atoms with van der Waals surface area (Å²) in [5.41, 5.74) is 0. The van der Waals surface area contributed by atoms with Crippen molar-refractivity contribution in [2.45, 2.75) is 18.6 Å². The summed E-state index contributed by atoms with van der Waals surface area (Å²) >= 11 is 0. The van der Waals surface area contributed by atoms with Gasteiger partial charge in [-0.15, -0.1) is 0 Å². The molecule has 0 radical (unpaired) electrons. The van der Waals surface area contributed by atoms with Crippen molar-refractivity contribution in [3.05, 3.63) is 0 Å². The van der Waals surface area contributed by atoms with Crippen LogP contribution in [0.1, 0.15) is 6.42 Å². The van der Waals surface area contributed by atoms with Crippen molar-refractivity contribution in [1.82, 2.24) is 15.5 Å². The van der Waals surface area contributed by atoms with E-state index in [0.29, 0.717) is 39.4 Å². The molecular formula is C13H24F3N3O3. The smallest absolute Gasteiger partial charge is 0.382 e. The Morgan fingerprint density at radius 3 is 2.55 bits per heavy atom. The number of hydrogen-bond acceptors (Lipinski definition) is 5. The standard InChI is InChI=1S/C13H24F3N3O3/c1-21-8-9-22-7-2-12(20)18-10-11(13(14,15)16)19-5-3-17-4-6-19/h11,17H,2-10H2,1H3,(H,18,20). The SMILES string of the molecule is COCCOCCC(=O)NCC(N1CCNCC1)C(F)(F)F. The van der Waals surface area contributed by atoms with Crippen LogP contribution in [0.2, 0.25) is 0 Å². The molecule has 1 fully saturated rings. The highest BCUT2D eigenvalue weighted by atomic mass is 19.4. The van der Waals surface area contributed by atoms with Crippen LogP contribution in [0.4, 0.5) is 13.2 Å². The van der Waals surface area contributed by atoms with Gasteiger partial charge in [0.2, 0.25) is 5.91 Å². The molecule has 0 aliphatic carbocycles. The highest BCUT2D eigenvalue weighted by molar-refractivity contribution is 5.75. The van der Waals surface area contributed by atoms with Crippen LogP contribution in [0.15, 0.2) is 0 Å². The fourth-order valence-electron chi connectivity index (χ4n) is 2.15. The molecule has 2 N–H and O–H groups in total. The second kappa shape index (κ2) is 9.98. The number of rotatable bonds is 9. The Labute approximate surface area is 128 Å². The van der Waals surface area contributed by atoms with Crippen LogP contribution in [-0.2, 0) is 14.3 Å². The molecule has 22 heavy (non-hydrogen) atoms. The topological polar surface area (TPSA) is 62.8 Å². The zero-order valence-corrected chi connectivity index (χ0v) is 12.7. The third-order valence-corrected chi connectivity index (χ3v) is 3.37. The third-order valence-electron chi connectivity index (χ3n) is 3.37. The Balaban J connectivity index is 2.31. The summed E-state index contributed by atoms with van der Waals surface area (Å²) in [6, 6.07) is -1.65. The number of halogens is 3. The molecule has 0 aromatic heterocycles. The van der Waals surface area contributed by atoms with E-state index < -0.39 is 24.7 Å². The van der Waals surface area contributed by atoms with Crippen LogP contribution in [0.3, 0.4) is 0 Å². The third kappa shape index (κ3) is 7.39. The van der Waals surface area contributed by atoms with Gasteiger partial charge in [0.05, 0.1) is 19.8 Å². The molecule has 1 unspecified atom stereocenters. The summed E-state index contributed by atoms with van der Waals surface area (Å²) in [6.07, 6.45) is -4.32. The molecule has 1 heterocycles. The van der Waals surface area contributed by atoms with Gasteiger partial charge in [0, 0.05) is 46.3 Å². The van der Waals surface area contributed by atoms with E-state index in [2.05, 4.69) is 10.6 Å². The number of carbonyl (C=O) groups is 1. The largest absolute Gasteiger partial charge is 0.405 e. The molecule has 1 atom stereocenters. The average molecular weight is 327 g/mol. The number of nitrogens with one attached hydrogen (secondary N) is 2. The first-order valence-corrected chi connectivity index (χ1v) is 7.30. The lowest BCUT2D eigenvalue weighted by atomic mass is 10.2. The van der Waals surface area contributed by atoms with Gasteiger partial charge < -0.3 is 20.1 Å². The van der Waals surface area contributed by atoms with Crippen molar-refractivity contribution in [2.24, 2.45) is 0 Å². The first kappa shape index (κ1) is 19.1. The predicted octanol–water partition coefficient (Wildman–Crippen LogP) is -0.00820. The number of hydrogen-bond donors (Lipinski definition) is 2. The zero-order chi connectivity index (χ0) is 16.4. The van der Waals surface area contributed by atoms with Gasteiger partial charge in [0.1, 0.15) is 6.04 Å². The van der Waals surface area contributed by atoms with Gasteiger partial charge in [-0.25, -0.2) is 0 Å². The lowest BCUT2D eigenvalue weighted by molar-refractivity contribution is -0.184. The summed E-state index contributed by atoms with van der Waals surface area (Å²) in [6.45, 7) is 2.19. The Bertz CT molecular complexity index is 323. The quantitative estimate of drug-likeness (QED) is 0.584. The zero-order valence-electron chi connectivity index (χ0n) is 12.7. The van der Waals surface area contributed by atoms with Crippen LogP contribution < -0.4 is 10.6 Å².